The molecular weight excluding hydrogens is 444 g/mol. The van der Waals surface area contributed by atoms with Gasteiger partial charge in [-0.15, -0.1) is 0 Å². The SMILES string of the molecule is C[C@H](CCc1ccccc1)NC(=O)[C@@H]1[C@H]2C=C[C@]3(O2)[C@@H]2[C@H](C)C(=O)C[C@H](c4ccco4)N2C(=O)[C@@H]13. The first kappa shape index (κ1) is 22.3. The van der Waals surface area contributed by atoms with Gasteiger partial charge in [-0.2, -0.15) is 0 Å². The van der Waals surface area contributed by atoms with E-state index in [1.54, 1.807) is 23.3 Å². The predicted molar refractivity (Wildman–Crippen MR) is 127 cm³/mol. The molecule has 0 saturated carbocycles. The lowest BCUT2D eigenvalue weighted by molar-refractivity contribution is -0.148. The highest BCUT2D eigenvalue weighted by Crippen LogP contribution is 2.59. The average molecular weight is 475 g/mol. The number of aryl methyl sites for hydroxylation is 1. The molecule has 5 heterocycles. The number of amides is 2. The number of furan rings is 1. The van der Waals surface area contributed by atoms with Gasteiger partial charge in [0.25, 0.3) is 0 Å². The van der Waals surface area contributed by atoms with Crippen LogP contribution in [0.15, 0.2) is 65.3 Å². The smallest absolute Gasteiger partial charge is 0.230 e. The molecule has 2 amide bonds. The Balaban J connectivity index is 1.25. The molecule has 8 atom stereocenters. The summed E-state index contributed by atoms with van der Waals surface area (Å²) in [7, 11) is 0. The van der Waals surface area contributed by atoms with Crippen LogP contribution < -0.4 is 5.32 Å². The molecule has 0 radical (unpaired) electrons. The van der Waals surface area contributed by atoms with E-state index in [4.69, 9.17) is 9.15 Å². The molecule has 2 bridgehead atoms. The van der Waals surface area contributed by atoms with Gasteiger partial charge in [-0.3, -0.25) is 14.4 Å². The van der Waals surface area contributed by atoms with Crippen molar-refractivity contribution in [3.63, 3.8) is 0 Å². The number of Topliss-reactive ketones (excluding diaryl/α,β-unsaturated/α-hetero) is 1. The first-order chi connectivity index (χ1) is 16.9. The standard InChI is InChI=1S/C28H30N2O5/c1-16(10-11-18-7-4-3-5-8-18)29-26(32)23-22-12-13-28(35-22)24(23)27(33)30-19(21-9-6-14-34-21)15-20(31)17(2)25(28)30/h3-9,12-14,16-17,19,22-25H,10-11,15H2,1-2H3,(H,29,32)/t16-,17-,19-,22-,23-,24-,25+,28-/m1/s1. The van der Waals surface area contributed by atoms with E-state index in [0.717, 1.165) is 12.8 Å². The number of piperidine rings is 1. The van der Waals surface area contributed by atoms with E-state index in [1.165, 1.54) is 5.56 Å². The van der Waals surface area contributed by atoms with Crippen LogP contribution in [0.5, 0.6) is 0 Å². The van der Waals surface area contributed by atoms with Crippen LogP contribution in [-0.2, 0) is 25.5 Å². The van der Waals surface area contributed by atoms with Gasteiger partial charge in [-0.05, 0) is 37.5 Å². The van der Waals surface area contributed by atoms with Crippen LogP contribution in [0.1, 0.15) is 44.1 Å². The molecule has 4 aliphatic rings. The maximum absolute atomic E-state index is 14.0. The van der Waals surface area contributed by atoms with Crippen molar-refractivity contribution in [1.82, 2.24) is 10.2 Å². The summed E-state index contributed by atoms with van der Waals surface area (Å²) in [6.07, 6.45) is 6.80. The third-order valence-electron chi connectivity index (χ3n) is 8.35. The van der Waals surface area contributed by atoms with Crippen LogP contribution in [-0.4, -0.2) is 46.3 Å². The number of nitrogens with one attached hydrogen (secondary N) is 1. The second kappa shape index (κ2) is 8.19. The van der Waals surface area contributed by atoms with Crippen molar-refractivity contribution in [2.24, 2.45) is 17.8 Å². The second-order valence-electron chi connectivity index (χ2n) is 10.4. The van der Waals surface area contributed by atoms with Crippen molar-refractivity contribution in [1.29, 1.82) is 0 Å². The zero-order valence-electron chi connectivity index (χ0n) is 19.9. The fourth-order valence-corrected chi connectivity index (χ4v) is 6.70. The molecule has 1 aromatic heterocycles. The number of fused-ring (bicyclic) bond motifs is 2. The molecular formula is C28H30N2O5. The van der Waals surface area contributed by atoms with Gasteiger partial charge in [0.05, 0.1) is 36.3 Å². The van der Waals surface area contributed by atoms with Gasteiger partial charge in [0.1, 0.15) is 17.1 Å². The third-order valence-corrected chi connectivity index (χ3v) is 8.35. The first-order valence-electron chi connectivity index (χ1n) is 12.5. The molecule has 2 aromatic rings. The van der Waals surface area contributed by atoms with Crippen molar-refractivity contribution in [3.05, 3.63) is 72.2 Å². The van der Waals surface area contributed by atoms with Gasteiger partial charge in [0.15, 0.2) is 0 Å². The summed E-state index contributed by atoms with van der Waals surface area (Å²) >= 11 is 0. The summed E-state index contributed by atoms with van der Waals surface area (Å²) < 4.78 is 12.1. The molecule has 1 N–H and O–H groups in total. The van der Waals surface area contributed by atoms with Crippen LogP contribution in [0.2, 0.25) is 0 Å². The number of hydrogen-bond acceptors (Lipinski definition) is 5. The third kappa shape index (κ3) is 3.32. The largest absolute Gasteiger partial charge is 0.467 e. The van der Waals surface area contributed by atoms with Gasteiger partial charge >= 0.3 is 0 Å². The lowest BCUT2D eigenvalue weighted by Crippen LogP contribution is -2.55. The molecule has 182 valence electrons. The highest BCUT2D eigenvalue weighted by Gasteiger charge is 2.74. The molecule has 35 heavy (non-hydrogen) atoms. The van der Waals surface area contributed by atoms with Crippen LogP contribution in [0, 0.1) is 17.8 Å². The highest BCUT2D eigenvalue weighted by molar-refractivity contribution is 5.96. The Morgan fingerprint density at radius 1 is 1.20 bits per heavy atom. The minimum atomic E-state index is -0.961. The number of benzene rings is 1. The molecule has 6 rings (SSSR count). The van der Waals surface area contributed by atoms with Crippen LogP contribution in [0.4, 0.5) is 0 Å². The first-order valence-corrected chi connectivity index (χ1v) is 12.5. The van der Waals surface area contributed by atoms with Crippen molar-refractivity contribution >= 4 is 17.6 Å². The highest BCUT2D eigenvalue weighted by atomic mass is 16.5. The van der Waals surface area contributed by atoms with E-state index in [0.29, 0.717) is 5.76 Å². The van der Waals surface area contributed by atoms with Gasteiger partial charge in [0, 0.05) is 18.4 Å². The summed E-state index contributed by atoms with van der Waals surface area (Å²) in [5.41, 5.74) is 0.265. The molecule has 4 aliphatic heterocycles. The Labute approximate surface area is 204 Å². The topological polar surface area (TPSA) is 88.8 Å². The molecule has 7 nitrogen and oxygen atoms in total. The summed E-state index contributed by atoms with van der Waals surface area (Å²) in [5, 5.41) is 3.14. The number of rotatable bonds is 6. The van der Waals surface area contributed by atoms with E-state index in [9.17, 15) is 14.4 Å². The molecule has 7 heteroatoms. The van der Waals surface area contributed by atoms with E-state index in [2.05, 4.69) is 17.4 Å². The molecule has 3 fully saturated rings. The number of ether oxygens (including phenoxy) is 1. The Morgan fingerprint density at radius 2 is 2.00 bits per heavy atom. The summed E-state index contributed by atoms with van der Waals surface area (Å²) in [4.78, 5) is 42.3. The average Bonchev–Trinajstić information content (AvgIpc) is 3.63. The van der Waals surface area contributed by atoms with Gasteiger partial charge in [0.2, 0.25) is 11.8 Å². The number of nitrogens with zero attached hydrogens (tertiary/aromatic N) is 1. The van der Waals surface area contributed by atoms with Gasteiger partial charge in [-0.25, -0.2) is 0 Å². The lowest BCUT2D eigenvalue weighted by Gasteiger charge is -2.43. The summed E-state index contributed by atoms with van der Waals surface area (Å²) in [6.45, 7) is 3.86. The van der Waals surface area contributed by atoms with Crippen LogP contribution in [0.25, 0.3) is 0 Å². The maximum atomic E-state index is 14.0. The predicted octanol–water partition coefficient (Wildman–Crippen LogP) is 3.22. The normalized spacial score (nSPS) is 35.8. The van der Waals surface area contributed by atoms with E-state index in [-0.39, 0.29) is 36.0 Å². The van der Waals surface area contributed by atoms with Crippen LogP contribution >= 0.6 is 0 Å². The van der Waals surface area contributed by atoms with E-state index in [1.807, 2.05) is 44.2 Å². The quantitative estimate of drug-likeness (QED) is 0.650. The fraction of sp³-hybridized carbons (Fsp3) is 0.464. The number of carbonyl (C=O) groups is 3. The number of carbonyl (C=O) groups excluding carboxylic acids is 3. The Kier molecular flexibility index (Phi) is 5.22. The second-order valence-corrected chi connectivity index (χ2v) is 10.4. The summed E-state index contributed by atoms with van der Waals surface area (Å²) in [5.74, 6) is -1.25. The zero-order chi connectivity index (χ0) is 24.3. The molecule has 0 unspecified atom stereocenters. The zero-order valence-corrected chi connectivity index (χ0v) is 19.9. The lowest BCUT2D eigenvalue weighted by atomic mass is 9.70. The number of hydrogen-bond donors (Lipinski definition) is 1. The Bertz CT molecular complexity index is 1180. The molecule has 1 spiro atoms. The minimum absolute atomic E-state index is 0.0442. The van der Waals surface area contributed by atoms with E-state index < -0.39 is 35.6 Å². The van der Waals surface area contributed by atoms with Crippen molar-refractivity contribution < 1.29 is 23.5 Å². The maximum Gasteiger partial charge on any atom is 0.230 e. The monoisotopic (exact) mass is 474 g/mol. The van der Waals surface area contributed by atoms with Crippen molar-refractivity contribution in [3.8, 4) is 0 Å². The van der Waals surface area contributed by atoms with Crippen LogP contribution in [0.3, 0.4) is 0 Å². The van der Waals surface area contributed by atoms with Crippen molar-refractivity contribution in [2.75, 3.05) is 0 Å². The molecule has 3 saturated heterocycles. The fourth-order valence-electron chi connectivity index (χ4n) is 6.70. The van der Waals surface area contributed by atoms with Crippen molar-refractivity contribution in [2.45, 2.75) is 62.9 Å². The van der Waals surface area contributed by atoms with Gasteiger partial charge < -0.3 is 19.4 Å². The summed E-state index contributed by atoms with van der Waals surface area (Å²) in [6, 6.07) is 12.8. The Hall–Kier alpha value is -3.19. The van der Waals surface area contributed by atoms with Gasteiger partial charge in [-0.1, -0.05) is 49.4 Å². The molecule has 0 aliphatic carbocycles. The molecule has 1 aromatic carbocycles. The number of ketones is 1. The Morgan fingerprint density at radius 3 is 2.74 bits per heavy atom. The van der Waals surface area contributed by atoms with E-state index >= 15 is 0 Å². The minimum Gasteiger partial charge on any atom is -0.467 e.